The highest BCUT2D eigenvalue weighted by atomic mass is 28.3. The van der Waals surface area contributed by atoms with Crippen molar-refractivity contribution < 1.29 is 8.96 Å². The fourth-order valence-electron chi connectivity index (χ4n) is 5.55. The number of hydrogen-bond donors (Lipinski definition) is 0. The van der Waals surface area contributed by atoms with E-state index in [9.17, 15) is 0 Å². The van der Waals surface area contributed by atoms with Crippen LogP contribution in [0.2, 0.25) is 18.1 Å². The maximum atomic E-state index is 15.4. The topological polar surface area (TPSA) is 3.88 Å². The summed E-state index contributed by atoms with van der Waals surface area (Å²) in [6.45, 7) is 17.5. The van der Waals surface area contributed by atoms with Gasteiger partial charge in [0.25, 0.3) is 0 Å². The molecule has 0 aliphatic carbocycles. The Hall–Kier alpha value is -2.00. The molecule has 0 bridgehead atoms. The molecular formula is C29H41FNSi+. The molecule has 0 saturated heterocycles. The van der Waals surface area contributed by atoms with Gasteiger partial charge in [-0.15, -0.1) is 0 Å². The number of rotatable bonds is 7. The lowest BCUT2D eigenvalue weighted by Gasteiger charge is -2.29. The Bertz CT molecular complexity index is 1120. The third-order valence-electron chi connectivity index (χ3n) is 7.83. The molecule has 32 heavy (non-hydrogen) atoms. The quantitative estimate of drug-likeness (QED) is 0.256. The standard InChI is InChI=1S/C29H41FNSi/c1-10-32(11-2,12-3)23-13-14-24-22(17-23)15-16-31(9)29(24)26-18-25(19(4)5)28(30)27(20(6)7)21(26)8/h13-20H,10-12H2,1-9H3/q+1. The van der Waals surface area contributed by atoms with Crippen LogP contribution in [-0.4, -0.2) is 8.07 Å². The highest BCUT2D eigenvalue weighted by Crippen LogP contribution is 2.37. The second-order valence-corrected chi connectivity index (χ2v) is 15.4. The lowest BCUT2D eigenvalue weighted by atomic mass is 9.86. The molecule has 0 aliphatic rings. The van der Waals surface area contributed by atoms with Gasteiger partial charge in [0.2, 0.25) is 5.69 Å². The summed E-state index contributed by atoms with van der Waals surface area (Å²) in [4.78, 5) is 0. The molecule has 0 unspecified atom stereocenters. The van der Waals surface area contributed by atoms with Gasteiger partial charge in [0.15, 0.2) is 6.20 Å². The van der Waals surface area contributed by atoms with Crippen molar-refractivity contribution in [3.05, 3.63) is 59.0 Å². The molecule has 0 atom stereocenters. The molecule has 0 saturated carbocycles. The molecule has 172 valence electrons. The van der Waals surface area contributed by atoms with E-state index in [4.69, 9.17) is 0 Å². The Morgan fingerprint density at radius 1 is 0.906 bits per heavy atom. The SMILES string of the molecule is CC[Si](CC)(CC)c1ccc2c(-c3cc(C(C)C)c(F)c(C(C)C)c3C)[n+](C)ccc2c1. The van der Waals surface area contributed by atoms with E-state index in [0.29, 0.717) is 0 Å². The van der Waals surface area contributed by atoms with E-state index in [2.05, 4.69) is 104 Å². The molecule has 3 heteroatoms. The predicted molar refractivity (Wildman–Crippen MR) is 140 cm³/mol. The van der Waals surface area contributed by atoms with Gasteiger partial charge in [0.05, 0.1) is 19.0 Å². The Labute approximate surface area is 195 Å². The van der Waals surface area contributed by atoms with Gasteiger partial charge in [-0.2, -0.15) is 0 Å². The highest BCUT2D eigenvalue weighted by molar-refractivity contribution is 6.91. The van der Waals surface area contributed by atoms with Crippen LogP contribution in [0.25, 0.3) is 22.0 Å². The summed E-state index contributed by atoms with van der Waals surface area (Å²) in [5, 5.41) is 4.12. The lowest BCUT2D eigenvalue weighted by molar-refractivity contribution is -0.659. The first-order valence-corrected chi connectivity index (χ1v) is 15.0. The van der Waals surface area contributed by atoms with Crippen LogP contribution in [0, 0.1) is 12.7 Å². The minimum Gasteiger partial charge on any atom is -0.206 e. The van der Waals surface area contributed by atoms with Gasteiger partial charge in [-0.1, -0.05) is 83.9 Å². The fraction of sp³-hybridized carbons (Fsp3) is 0.483. The molecule has 0 N–H and O–H groups in total. The lowest BCUT2D eigenvalue weighted by Crippen LogP contribution is -2.45. The Balaban J connectivity index is 2.36. The van der Waals surface area contributed by atoms with E-state index in [0.717, 1.165) is 22.3 Å². The molecule has 1 heterocycles. The first kappa shape index (κ1) is 24.6. The summed E-state index contributed by atoms with van der Waals surface area (Å²) in [6, 6.07) is 15.4. The molecular weight excluding hydrogens is 409 g/mol. The summed E-state index contributed by atoms with van der Waals surface area (Å²) in [5.41, 5.74) is 5.08. The van der Waals surface area contributed by atoms with E-state index in [1.807, 2.05) is 0 Å². The smallest absolute Gasteiger partial charge is 0.206 e. The first-order valence-electron chi connectivity index (χ1n) is 12.4. The highest BCUT2D eigenvalue weighted by Gasteiger charge is 2.30. The van der Waals surface area contributed by atoms with E-state index in [-0.39, 0.29) is 17.7 Å². The molecule has 3 aromatic rings. The predicted octanol–water partition coefficient (Wildman–Crippen LogP) is 7.74. The number of nitrogens with zero attached hydrogens (tertiary/aromatic N) is 1. The minimum atomic E-state index is -1.44. The molecule has 0 spiro atoms. The van der Waals surface area contributed by atoms with Gasteiger partial charge in [-0.25, -0.2) is 8.96 Å². The summed E-state index contributed by atoms with van der Waals surface area (Å²) in [7, 11) is 0.666. The first-order chi connectivity index (χ1) is 15.1. The van der Waals surface area contributed by atoms with Crippen LogP contribution in [0.3, 0.4) is 0 Å². The number of hydrogen-bond acceptors (Lipinski definition) is 0. The third-order valence-corrected chi connectivity index (χ3v) is 13.4. The van der Waals surface area contributed by atoms with Gasteiger partial charge >= 0.3 is 0 Å². The van der Waals surface area contributed by atoms with E-state index < -0.39 is 8.07 Å². The number of halogens is 1. The van der Waals surface area contributed by atoms with Crippen LogP contribution in [0.5, 0.6) is 0 Å². The van der Waals surface area contributed by atoms with Crippen molar-refractivity contribution in [2.24, 2.45) is 7.05 Å². The van der Waals surface area contributed by atoms with E-state index in [1.165, 1.54) is 34.6 Å². The molecule has 0 radical (unpaired) electrons. The number of fused-ring (bicyclic) bond motifs is 1. The third kappa shape index (κ3) is 4.05. The zero-order valence-corrected chi connectivity index (χ0v) is 22.6. The summed E-state index contributed by atoms with van der Waals surface area (Å²) < 4.78 is 17.7. The van der Waals surface area contributed by atoms with Crippen LogP contribution in [0.15, 0.2) is 36.5 Å². The zero-order valence-electron chi connectivity index (χ0n) is 21.6. The minimum absolute atomic E-state index is 0.0222. The van der Waals surface area contributed by atoms with Crippen molar-refractivity contribution in [2.75, 3.05) is 0 Å². The molecule has 3 rings (SSSR count). The molecule has 1 aromatic heterocycles. The van der Waals surface area contributed by atoms with E-state index >= 15 is 4.39 Å². The van der Waals surface area contributed by atoms with Crippen LogP contribution < -0.4 is 9.75 Å². The summed E-state index contributed by atoms with van der Waals surface area (Å²) >= 11 is 0. The van der Waals surface area contributed by atoms with Crippen molar-refractivity contribution in [1.29, 1.82) is 0 Å². The number of aryl methyl sites for hydroxylation is 1. The second-order valence-electron chi connectivity index (χ2n) is 10.1. The fourth-order valence-corrected chi connectivity index (χ4v) is 9.17. The maximum absolute atomic E-state index is 15.4. The van der Waals surface area contributed by atoms with Crippen LogP contribution >= 0.6 is 0 Å². The number of aromatic nitrogens is 1. The molecule has 0 aliphatic heterocycles. The Morgan fingerprint density at radius 3 is 2.06 bits per heavy atom. The van der Waals surface area contributed by atoms with Gasteiger partial charge in [0.1, 0.15) is 12.9 Å². The average molecular weight is 451 g/mol. The maximum Gasteiger partial charge on any atom is 0.220 e. The number of benzene rings is 2. The van der Waals surface area contributed by atoms with Crippen LogP contribution in [-0.2, 0) is 7.05 Å². The van der Waals surface area contributed by atoms with E-state index in [1.54, 1.807) is 5.19 Å². The van der Waals surface area contributed by atoms with Crippen LogP contribution in [0.1, 0.15) is 77.0 Å². The normalized spacial score (nSPS) is 12.4. The van der Waals surface area contributed by atoms with Crippen molar-refractivity contribution >= 4 is 24.0 Å². The summed E-state index contributed by atoms with van der Waals surface area (Å²) in [6.07, 6.45) is 2.17. The van der Waals surface area contributed by atoms with Crippen molar-refractivity contribution in [3.8, 4) is 11.3 Å². The second kappa shape index (κ2) is 9.47. The van der Waals surface area contributed by atoms with Gasteiger partial charge < -0.3 is 0 Å². The molecule has 1 nitrogen and oxygen atoms in total. The van der Waals surface area contributed by atoms with Crippen LogP contribution in [0.4, 0.5) is 4.39 Å². The van der Waals surface area contributed by atoms with Gasteiger partial charge in [-0.3, -0.25) is 0 Å². The molecule has 2 aromatic carbocycles. The molecule has 0 amide bonds. The van der Waals surface area contributed by atoms with Crippen molar-refractivity contribution in [2.45, 2.75) is 85.4 Å². The van der Waals surface area contributed by atoms with Gasteiger partial charge in [-0.05, 0) is 53.0 Å². The average Bonchev–Trinajstić information content (AvgIpc) is 2.75. The Kier molecular flexibility index (Phi) is 7.29. The van der Waals surface area contributed by atoms with Gasteiger partial charge in [0, 0.05) is 6.07 Å². The summed E-state index contributed by atoms with van der Waals surface area (Å²) in [5.74, 6) is 0.264. The van der Waals surface area contributed by atoms with Crippen molar-refractivity contribution in [3.63, 3.8) is 0 Å². The monoisotopic (exact) mass is 450 g/mol. The van der Waals surface area contributed by atoms with Crippen molar-refractivity contribution in [1.82, 2.24) is 0 Å². The molecule has 0 fully saturated rings. The largest absolute Gasteiger partial charge is 0.220 e. The number of pyridine rings is 1. The Morgan fingerprint density at radius 2 is 1.53 bits per heavy atom. The zero-order chi connectivity index (χ0) is 23.8.